The van der Waals surface area contributed by atoms with E-state index in [2.05, 4.69) is 18.2 Å². The fourth-order valence-corrected chi connectivity index (χ4v) is 2.70. The standard InChI is InChI=1S/C11H24N2OS/c1-13(5-8-15-2)11(9-12)10-3-6-14-7-4-10/h10-11H,3-9,12H2,1-2H3. The lowest BCUT2D eigenvalue weighted by molar-refractivity contribution is 0.0350. The van der Waals surface area contributed by atoms with Crippen LogP contribution < -0.4 is 5.73 Å². The van der Waals surface area contributed by atoms with Crippen molar-refractivity contribution in [3.8, 4) is 0 Å². The number of nitrogens with zero attached hydrogens (tertiary/aromatic N) is 1. The molecule has 1 rings (SSSR count). The third-order valence-electron chi connectivity index (χ3n) is 3.27. The van der Waals surface area contributed by atoms with E-state index in [9.17, 15) is 0 Å². The van der Waals surface area contributed by atoms with Gasteiger partial charge >= 0.3 is 0 Å². The molecule has 15 heavy (non-hydrogen) atoms. The molecule has 1 unspecified atom stereocenters. The minimum Gasteiger partial charge on any atom is -0.381 e. The monoisotopic (exact) mass is 232 g/mol. The summed E-state index contributed by atoms with van der Waals surface area (Å²) in [6.07, 6.45) is 4.50. The summed E-state index contributed by atoms with van der Waals surface area (Å²) in [7, 11) is 2.20. The zero-order valence-corrected chi connectivity index (χ0v) is 10.8. The van der Waals surface area contributed by atoms with Gasteiger partial charge in [0.25, 0.3) is 0 Å². The van der Waals surface area contributed by atoms with Gasteiger partial charge in [-0.3, -0.25) is 0 Å². The number of likely N-dealkylation sites (N-methyl/N-ethyl adjacent to an activating group) is 1. The highest BCUT2D eigenvalue weighted by molar-refractivity contribution is 7.98. The van der Waals surface area contributed by atoms with Crippen LogP contribution in [0.5, 0.6) is 0 Å². The van der Waals surface area contributed by atoms with Crippen molar-refractivity contribution in [2.45, 2.75) is 18.9 Å². The van der Waals surface area contributed by atoms with Crippen molar-refractivity contribution in [1.29, 1.82) is 0 Å². The highest BCUT2D eigenvalue weighted by atomic mass is 32.2. The number of rotatable bonds is 6. The van der Waals surface area contributed by atoms with Crippen molar-refractivity contribution < 1.29 is 4.74 Å². The van der Waals surface area contributed by atoms with Gasteiger partial charge in [0.2, 0.25) is 0 Å². The molecular formula is C11H24N2OS. The molecule has 0 aromatic rings. The Kier molecular flexibility index (Phi) is 6.64. The summed E-state index contributed by atoms with van der Waals surface area (Å²) in [6, 6.07) is 0.543. The van der Waals surface area contributed by atoms with Gasteiger partial charge in [-0.1, -0.05) is 0 Å². The maximum Gasteiger partial charge on any atom is 0.0469 e. The summed E-state index contributed by atoms with van der Waals surface area (Å²) < 4.78 is 5.39. The second-order valence-corrected chi connectivity index (χ2v) is 5.21. The first kappa shape index (κ1) is 13.3. The van der Waals surface area contributed by atoms with Gasteiger partial charge in [0.05, 0.1) is 0 Å². The van der Waals surface area contributed by atoms with E-state index in [1.54, 1.807) is 0 Å². The summed E-state index contributed by atoms with van der Waals surface area (Å²) in [5.74, 6) is 1.92. The molecule has 0 saturated carbocycles. The van der Waals surface area contributed by atoms with Crippen molar-refractivity contribution in [3.05, 3.63) is 0 Å². The zero-order chi connectivity index (χ0) is 11.1. The lowest BCUT2D eigenvalue weighted by atomic mass is 9.91. The second-order valence-electron chi connectivity index (χ2n) is 4.23. The Labute approximate surface area is 97.7 Å². The molecule has 2 N–H and O–H groups in total. The Hall–Kier alpha value is 0.230. The van der Waals surface area contributed by atoms with E-state index < -0.39 is 0 Å². The number of hydrogen-bond acceptors (Lipinski definition) is 4. The molecule has 0 bridgehead atoms. The summed E-state index contributed by atoms with van der Waals surface area (Å²) >= 11 is 1.90. The zero-order valence-electron chi connectivity index (χ0n) is 9.95. The molecule has 1 aliphatic heterocycles. The fraction of sp³-hybridized carbons (Fsp3) is 1.00. The molecule has 1 fully saturated rings. The Morgan fingerprint density at radius 1 is 1.47 bits per heavy atom. The average Bonchev–Trinajstić information content (AvgIpc) is 2.29. The van der Waals surface area contributed by atoms with E-state index in [-0.39, 0.29) is 0 Å². The first-order valence-electron chi connectivity index (χ1n) is 5.76. The Bertz CT molecular complexity index is 163. The average molecular weight is 232 g/mol. The van der Waals surface area contributed by atoms with Crippen molar-refractivity contribution in [2.75, 3.05) is 45.4 Å². The molecule has 0 spiro atoms. The molecule has 1 saturated heterocycles. The van der Waals surface area contributed by atoms with E-state index in [4.69, 9.17) is 10.5 Å². The maximum atomic E-state index is 5.89. The Morgan fingerprint density at radius 2 is 2.13 bits per heavy atom. The van der Waals surface area contributed by atoms with Gasteiger partial charge in [0.15, 0.2) is 0 Å². The van der Waals surface area contributed by atoms with E-state index in [0.29, 0.717) is 6.04 Å². The smallest absolute Gasteiger partial charge is 0.0469 e. The van der Waals surface area contributed by atoms with Crippen molar-refractivity contribution >= 4 is 11.8 Å². The van der Waals surface area contributed by atoms with Gasteiger partial charge in [-0.2, -0.15) is 11.8 Å². The molecule has 1 aliphatic rings. The molecule has 0 aromatic carbocycles. The predicted octanol–water partition coefficient (Wildman–Crippen LogP) is 1.04. The lowest BCUT2D eigenvalue weighted by Gasteiger charge is -2.35. The van der Waals surface area contributed by atoms with Crippen LogP contribution in [-0.4, -0.2) is 56.3 Å². The van der Waals surface area contributed by atoms with E-state index in [0.717, 1.165) is 32.2 Å². The third-order valence-corrected chi connectivity index (χ3v) is 3.86. The number of nitrogens with two attached hydrogens (primary N) is 1. The summed E-state index contributed by atoms with van der Waals surface area (Å²) in [5, 5.41) is 0. The topological polar surface area (TPSA) is 38.5 Å². The quantitative estimate of drug-likeness (QED) is 0.742. The summed E-state index contributed by atoms with van der Waals surface area (Å²) in [5.41, 5.74) is 5.89. The largest absolute Gasteiger partial charge is 0.381 e. The number of ether oxygens (including phenoxy) is 1. The van der Waals surface area contributed by atoms with Crippen molar-refractivity contribution in [2.24, 2.45) is 11.7 Å². The molecular weight excluding hydrogens is 208 g/mol. The van der Waals surface area contributed by atoms with Gasteiger partial charge in [0, 0.05) is 38.1 Å². The molecule has 4 heteroatoms. The number of thioether (sulfide) groups is 1. The number of hydrogen-bond donors (Lipinski definition) is 1. The predicted molar refractivity (Wildman–Crippen MR) is 67.4 cm³/mol. The normalized spacial score (nSPS) is 20.8. The van der Waals surface area contributed by atoms with E-state index in [1.807, 2.05) is 11.8 Å². The van der Waals surface area contributed by atoms with E-state index >= 15 is 0 Å². The van der Waals surface area contributed by atoms with Crippen LogP contribution in [0.25, 0.3) is 0 Å². The van der Waals surface area contributed by atoms with Crippen LogP contribution in [0.4, 0.5) is 0 Å². The lowest BCUT2D eigenvalue weighted by Crippen LogP contribution is -2.46. The van der Waals surface area contributed by atoms with Crippen molar-refractivity contribution in [3.63, 3.8) is 0 Å². The van der Waals surface area contributed by atoms with Crippen LogP contribution in [0.2, 0.25) is 0 Å². The highest BCUT2D eigenvalue weighted by Gasteiger charge is 2.25. The van der Waals surface area contributed by atoms with Crippen LogP contribution in [0.3, 0.4) is 0 Å². The second kappa shape index (κ2) is 7.49. The van der Waals surface area contributed by atoms with Gasteiger partial charge in [0.1, 0.15) is 0 Å². The Balaban J connectivity index is 2.37. The fourth-order valence-electron chi connectivity index (χ4n) is 2.23. The minimum absolute atomic E-state index is 0.543. The SMILES string of the molecule is CSCCN(C)C(CN)C1CCOCC1. The summed E-state index contributed by atoms with van der Waals surface area (Å²) in [4.78, 5) is 2.42. The molecule has 90 valence electrons. The van der Waals surface area contributed by atoms with E-state index in [1.165, 1.54) is 18.6 Å². The first-order chi connectivity index (χ1) is 7.29. The van der Waals surface area contributed by atoms with Crippen molar-refractivity contribution in [1.82, 2.24) is 4.90 Å². The molecule has 3 nitrogen and oxygen atoms in total. The minimum atomic E-state index is 0.543. The van der Waals surface area contributed by atoms with Gasteiger partial charge < -0.3 is 15.4 Å². The molecule has 1 atom stereocenters. The molecule has 1 heterocycles. The van der Waals surface area contributed by atoms with Gasteiger partial charge in [-0.25, -0.2) is 0 Å². The molecule has 0 amide bonds. The maximum absolute atomic E-state index is 5.89. The summed E-state index contributed by atoms with van der Waals surface area (Å²) in [6.45, 7) is 3.74. The van der Waals surface area contributed by atoms with Crippen LogP contribution >= 0.6 is 11.8 Å². The highest BCUT2D eigenvalue weighted by Crippen LogP contribution is 2.21. The van der Waals surface area contributed by atoms with Gasteiger partial charge in [-0.15, -0.1) is 0 Å². The van der Waals surface area contributed by atoms with Crippen LogP contribution in [0.15, 0.2) is 0 Å². The molecule has 0 aromatic heterocycles. The Morgan fingerprint density at radius 3 is 2.67 bits per heavy atom. The van der Waals surface area contributed by atoms with Crippen LogP contribution in [-0.2, 0) is 4.74 Å². The van der Waals surface area contributed by atoms with Crippen LogP contribution in [0, 0.1) is 5.92 Å². The first-order valence-corrected chi connectivity index (χ1v) is 7.16. The molecule has 0 radical (unpaired) electrons. The molecule has 0 aliphatic carbocycles. The van der Waals surface area contributed by atoms with Gasteiger partial charge in [-0.05, 0) is 32.1 Å². The van der Waals surface area contributed by atoms with Crippen LogP contribution in [0.1, 0.15) is 12.8 Å². The third kappa shape index (κ3) is 4.31.